The summed E-state index contributed by atoms with van der Waals surface area (Å²) in [5.74, 6) is 0.812. The molecule has 0 spiro atoms. The van der Waals surface area contributed by atoms with E-state index in [0.717, 1.165) is 12.3 Å². The van der Waals surface area contributed by atoms with Crippen molar-refractivity contribution in [3.8, 4) is 0 Å². The summed E-state index contributed by atoms with van der Waals surface area (Å²) in [6.07, 6.45) is 16.3. The quantitative estimate of drug-likeness (QED) is 0.434. The molecule has 0 aromatic carbocycles. The molecular weight excluding hydrogens is 208 g/mol. The van der Waals surface area contributed by atoms with Crippen molar-refractivity contribution < 1.29 is 5.11 Å². The molecule has 0 aliphatic rings. The fourth-order valence-corrected chi connectivity index (χ4v) is 2.39. The number of aliphatic hydroxyl groups excluding tert-OH is 1. The Morgan fingerprint density at radius 1 is 0.706 bits per heavy atom. The van der Waals surface area contributed by atoms with E-state index >= 15 is 0 Å². The molecule has 17 heavy (non-hydrogen) atoms. The summed E-state index contributed by atoms with van der Waals surface area (Å²) in [5, 5.41) is 8.75. The molecule has 0 aliphatic carbocycles. The minimum absolute atomic E-state index is 0.363. The van der Waals surface area contributed by atoms with Crippen LogP contribution in [-0.2, 0) is 0 Å². The Morgan fingerprint density at radius 2 is 1.18 bits per heavy atom. The minimum Gasteiger partial charge on any atom is -0.396 e. The molecule has 1 heteroatoms. The van der Waals surface area contributed by atoms with Crippen LogP contribution < -0.4 is 0 Å². The van der Waals surface area contributed by atoms with Gasteiger partial charge in [-0.1, -0.05) is 78.1 Å². The molecule has 0 radical (unpaired) electrons. The highest BCUT2D eigenvalue weighted by molar-refractivity contribution is 4.54. The number of hydrogen-bond acceptors (Lipinski definition) is 1. The summed E-state index contributed by atoms with van der Waals surface area (Å²) in [6.45, 7) is 4.96. The van der Waals surface area contributed by atoms with Crippen LogP contribution in [0.2, 0.25) is 0 Å². The first-order valence-corrected chi connectivity index (χ1v) is 7.92. The first kappa shape index (κ1) is 17.0. The van der Waals surface area contributed by atoms with Gasteiger partial charge >= 0.3 is 0 Å². The number of rotatable bonds is 13. The van der Waals surface area contributed by atoms with E-state index in [1.165, 1.54) is 70.6 Å². The van der Waals surface area contributed by atoms with Gasteiger partial charge in [0.15, 0.2) is 0 Å². The van der Waals surface area contributed by atoms with Gasteiger partial charge in [0.1, 0.15) is 0 Å². The molecule has 0 heterocycles. The van der Waals surface area contributed by atoms with E-state index in [1.807, 2.05) is 0 Å². The Hall–Kier alpha value is -0.0400. The van der Waals surface area contributed by atoms with Crippen molar-refractivity contribution in [1.29, 1.82) is 0 Å². The van der Waals surface area contributed by atoms with Crippen LogP contribution in [0.4, 0.5) is 0 Å². The summed E-state index contributed by atoms with van der Waals surface area (Å²) >= 11 is 0. The zero-order chi connectivity index (χ0) is 12.8. The lowest BCUT2D eigenvalue weighted by atomic mass is 9.97. The van der Waals surface area contributed by atoms with Crippen LogP contribution in [0.1, 0.15) is 90.9 Å². The zero-order valence-electron chi connectivity index (χ0n) is 12.2. The Labute approximate surface area is 109 Å². The average Bonchev–Trinajstić information content (AvgIpc) is 2.34. The summed E-state index contributed by atoms with van der Waals surface area (Å²) < 4.78 is 0. The molecule has 0 bridgehead atoms. The van der Waals surface area contributed by atoms with Crippen LogP contribution >= 0.6 is 0 Å². The van der Waals surface area contributed by atoms with Gasteiger partial charge in [0.2, 0.25) is 0 Å². The van der Waals surface area contributed by atoms with Gasteiger partial charge in [-0.2, -0.15) is 0 Å². The second-order valence-corrected chi connectivity index (χ2v) is 5.59. The first-order valence-electron chi connectivity index (χ1n) is 7.92. The minimum atomic E-state index is 0.363. The van der Waals surface area contributed by atoms with Gasteiger partial charge in [-0.3, -0.25) is 0 Å². The Kier molecular flexibility index (Phi) is 14.0. The number of aliphatic hydroxyl groups is 1. The first-order chi connectivity index (χ1) is 8.31. The van der Waals surface area contributed by atoms with Crippen LogP contribution in [0, 0.1) is 5.92 Å². The van der Waals surface area contributed by atoms with Crippen molar-refractivity contribution in [2.75, 3.05) is 6.61 Å². The van der Waals surface area contributed by atoms with Crippen molar-refractivity contribution in [3.63, 3.8) is 0 Å². The van der Waals surface area contributed by atoms with Gasteiger partial charge in [0.25, 0.3) is 0 Å². The van der Waals surface area contributed by atoms with E-state index in [4.69, 9.17) is 5.11 Å². The summed E-state index contributed by atoms with van der Waals surface area (Å²) in [4.78, 5) is 0. The van der Waals surface area contributed by atoms with E-state index in [0.29, 0.717) is 6.61 Å². The molecule has 1 atom stereocenters. The lowest BCUT2D eigenvalue weighted by Gasteiger charge is -2.09. The van der Waals surface area contributed by atoms with Gasteiger partial charge in [-0.25, -0.2) is 0 Å². The van der Waals surface area contributed by atoms with E-state index < -0.39 is 0 Å². The monoisotopic (exact) mass is 242 g/mol. The van der Waals surface area contributed by atoms with E-state index in [2.05, 4.69) is 13.8 Å². The van der Waals surface area contributed by atoms with E-state index in [-0.39, 0.29) is 0 Å². The van der Waals surface area contributed by atoms with Gasteiger partial charge in [0.05, 0.1) is 0 Å². The molecule has 0 saturated heterocycles. The summed E-state index contributed by atoms with van der Waals surface area (Å²) in [6, 6.07) is 0. The maximum Gasteiger partial charge on any atom is 0.0431 e. The molecule has 0 rings (SSSR count). The van der Waals surface area contributed by atoms with Crippen LogP contribution in [0.15, 0.2) is 0 Å². The number of unbranched alkanes of at least 4 members (excludes halogenated alkanes) is 8. The van der Waals surface area contributed by atoms with Gasteiger partial charge in [-0.15, -0.1) is 0 Å². The topological polar surface area (TPSA) is 20.2 Å². The maximum absolute atomic E-state index is 8.75. The highest BCUT2D eigenvalue weighted by Crippen LogP contribution is 2.16. The predicted molar refractivity (Wildman–Crippen MR) is 77.3 cm³/mol. The predicted octanol–water partition coefficient (Wildman–Crippen LogP) is 5.32. The van der Waals surface area contributed by atoms with Crippen molar-refractivity contribution in [1.82, 2.24) is 0 Å². The van der Waals surface area contributed by atoms with Crippen molar-refractivity contribution in [2.24, 2.45) is 5.92 Å². The van der Waals surface area contributed by atoms with Crippen molar-refractivity contribution in [2.45, 2.75) is 90.9 Å². The Bertz CT molecular complexity index is 133. The van der Waals surface area contributed by atoms with Gasteiger partial charge in [0, 0.05) is 6.61 Å². The normalized spacial score (nSPS) is 12.9. The molecule has 0 amide bonds. The summed E-state index contributed by atoms with van der Waals surface area (Å²) in [7, 11) is 0. The lowest BCUT2D eigenvalue weighted by molar-refractivity contribution is 0.270. The highest BCUT2D eigenvalue weighted by Gasteiger charge is 2.01. The average molecular weight is 242 g/mol. The molecule has 0 fully saturated rings. The second-order valence-electron chi connectivity index (χ2n) is 5.59. The van der Waals surface area contributed by atoms with Crippen LogP contribution in [0.3, 0.4) is 0 Å². The van der Waals surface area contributed by atoms with Gasteiger partial charge in [-0.05, 0) is 18.8 Å². The fraction of sp³-hybridized carbons (Fsp3) is 1.00. The largest absolute Gasteiger partial charge is 0.396 e. The third-order valence-electron chi connectivity index (χ3n) is 3.66. The lowest BCUT2D eigenvalue weighted by Crippen LogP contribution is -1.96. The molecular formula is C16H34O. The number of hydrogen-bond donors (Lipinski definition) is 1. The van der Waals surface area contributed by atoms with Gasteiger partial charge < -0.3 is 5.11 Å². The standard InChI is InChI=1S/C16H34O/c1-3-4-5-6-7-8-9-10-11-13-16(2)14-12-15-17/h16-17H,3-15H2,1-2H3. The van der Waals surface area contributed by atoms with Crippen LogP contribution in [0.5, 0.6) is 0 Å². The molecule has 1 nitrogen and oxygen atoms in total. The fourth-order valence-electron chi connectivity index (χ4n) is 2.39. The van der Waals surface area contributed by atoms with Crippen LogP contribution in [-0.4, -0.2) is 11.7 Å². The molecule has 0 aromatic heterocycles. The molecule has 0 saturated carbocycles. The third kappa shape index (κ3) is 13.9. The maximum atomic E-state index is 8.75. The molecule has 1 N–H and O–H groups in total. The van der Waals surface area contributed by atoms with E-state index in [9.17, 15) is 0 Å². The SMILES string of the molecule is CCCCCCCCCCCC(C)CCCO. The van der Waals surface area contributed by atoms with Crippen molar-refractivity contribution >= 4 is 0 Å². The van der Waals surface area contributed by atoms with Crippen molar-refractivity contribution in [3.05, 3.63) is 0 Å². The molecule has 104 valence electrons. The molecule has 0 aliphatic heterocycles. The smallest absolute Gasteiger partial charge is 0.0431 e. The van der Waals surface area contributed by atoms with E-state index in [1.54, 1.807) is 0 Å². The molecule has 0 aromatic rings. The highest BCUT2D eigenvalue weighted by atomic mass is 16.2. The third-order valence-corrected chi connectivity index (χ3v) is 3.66. The second kappa shape index (κ2) is 14.0. The van der Waals surface area contributed by atoms with Crippen LogP contribution in [0.25, 0.3) is 0 Å². The zero-order valence-corrected chi connectivity index (χ0v) is 12.2. The summed E-state index contributed by atoms with van der Waals surface area (Å²) in [5.41, 5.74) is 0. The Balaban J connectivity index is 3.02. The Morgan fingerprint density at radius 3 is 1.71 bits per heavy atom. The molecule has 1 unspecified atom stereocenters.